The lowest BCUT2D eigenvalue weighted by atomic mass is 10.2. The summed E-state index contributed by atoms with van der Waals surface area (Å²) in [5.41, 5.74) is 5.97. The lowest BCUT2D eigenvalue weighted by molar-refractivity contribution is 0.0790. The highest BCUT2D eigenvalue weighted by molar-refractivity contribution is 7.18. The molecule has 1 aromatic heterocycles. The second-order valence-corrected chi connectivity index (χ2v) is 6.74. The second kappa shape index (κ2) is 5.60. The van der Waals surface area contributed by atoms with E-state index in [0.29, 0.717) is 16.7 Å². The van der Waals surface area contributed by atoms with Gasteiger partial charge in [-0.05, 0) is 25.7 Å². The first-order valence-corrected chi connectivity index (χ1v) is 8.27. The largest absolute Gasteiger partial charge is 0.382 e. The molecule has 5 nitrogen and oxygen atoms in total. The number of nitrogens with two attached hydrogens (primary N) is 1. The molecular formula is C14H22N4OS. The summed E-state index contributed by atoms with van der Waals surface area (Å²) in [7, 11) is 1.87. The van der Waals surface area contributed by atoms with E-state index in [4.69, 9.17) is 5.73 Å². The van der Waals surface area contributed by atoms with E-state index in [9.17, 15) is 4.79 Å². The second-order valence-electron chi connectivity index (χ2n) is 5.76. The maximum Gasteiger partial charge on any atom is 0.267 e. The van der Waals surface area contributed by atoms with Crippen LogP contribution < -0.4 is 10.6 Å². The molecule has 3 rings (SSSR count). The average molecular weight is 294 g/mol. The van der Waals surface area contributed by atoms with Crippen LogP contribution in [0.5, 0.6) is 0 Å². The summed E-state index contributed by atoms with van der Waals surface area (Å²) in [6.45, 7) is 2.05. The minimum absolute atomic E-state index is 0.0311. The van der Waals surface area contributed by atoms with E-state index >= 15 is 0 Å². The Morgan fingerprint density at radius 1 is 1.30 bits per heavy atom. The summed E-state index contributed by atoms with van der Waals surface area (Å²) in [5.74, 6) is 0.426. The third-order valence-electron chi connectivity index (χ3n) is 4.13. The standard InChI is InChI=1S/C14H22N4OS/c1-17(10-6-7-10)13(19)11-12(15)16-14(20-11)18-8-4-2-3-5-9-18/h10H,2-9,15H2,1H3. The van der Waals surface area contributed by atoms with Crippen LogP contribution in [-0.4, -0.2) is 42.0 Å². The summed E-state index contributed by atoms with van der Waals surface area (Å²) in [5, 5.41) is 0.914. The molecule has 110 valence electrons. The molecule has 1 amide bonds. The van der Waals surface area contributed by atoms with Gasteiger partial charge in [-0.15, -0.1) is 0 Å². The molecule has 1 saturated carbocycles. The van der Waals surface area contributed by atoms with Gasteiger partial charge in [0.05, 0.1) is 0 Å². The van der Waals surface area contributed by atoms with Gasteiger partial charge in [0.1, 0.15) is 10.7 Å². The van der Waals surface area contributed by atoms with E-state index < -0.39 is 0 Å². The molecule has 0 unspecified atom stereocenters. The van der Waals surface area contributed by atoms with Crippen molar-refractivity contribution in [1.29, 1.82) is 0 Å². The number of nitrogens with zero attached hydrogens (tertiary/aromatic N) is 3. The Morgan fingerprint density at radius 2 is 1.95 bits per heavy atom. The first-order chi connectivity index (χ1) is 9.66. The Hall–Kier alpha value is -1.30. The summed E-state index contributed by atoms with van der Waals surface area (Å²) < 4.78 is 0. The first-order valence-electron chi connectivity index (χ1n) is 7.45. The monoisotopic (exact) mass is 294 g/mol. The van der Waals surface area contributed by atoms with Gasteiger partial charge in [-0.1, -0.05) is 24.2 Å². The van der Waals surface area contributed by atoms with Crippen LogP contribution >= 0.6 is 11.3 Å². The van der Waals surface area contributed by atoms with Crippen molar-refractivity contribution in [2.24, 2.45) is 0 Å². The normalized spacial score (nSPS) is 19.8. The summed E-state index contributed by atoms with van der Waals surface area (Å²) in [6, 6.07) is 0.408. The van der Waals surface area contributed by atoms with E-state index in [2.05, 4.69) is 9.88 Å². The third kappa shape index (κ3) is 2.75. The number of amides is 1. The molecule has 1 aliphatic heterocycles. The molecule has 2 heterocycles. The highest BCUT2D eigenvalue weighted by Crippen LogP contribution is 2.33. The van der Waals surface area contributed by atoms with Gasteiger partial charge in [-0.25, -0.2) is 4.98 Å². The molecule has 0 aromatic carbocycles. The van der Waals surface area contributed by atoms with Gasteiger partial charge < -0.3 is 15.5 Å². The number of carbonyl (C=O) groups excluding carboxylic acids is 1. The van der Waals surface area contributed by atoms with Crippen LogP contribution in [-0.2, 0) is 0 Å². The molecular weight excluding hydrogens is 272 g/mol. The quantitative estimate of drug-likeness (QED) is 0.929. The van der Waals surface area contributed by atoms with E-state index in [0.717, 1.165) is 31.1 Å². The fraction of sp³-hybridized carbons (Fsp3) is 0.714. The number of rotatable bonds is 3. The van der Waals surface area contributed by atoms with Crippen LogP contribution in [0.1, 0.15) is 48.2 Å². The lowest BCUT2D eigenvalue weighted by Crippen LogP contribution is -2.28. The third-order valence-corrected chi connectivity index (χ3v) is 5.25. The van der Waals surface area contributed by atoms with Crippen LogP contribution in [0.2, 0.25) is 0 Å². The molecule has 1 saturated heterocycles. The van der Waals surface area contributed by atoms with Crippen LogP contribution in [0.15, 0.2) is 0 Å². The Labute approximate surface area is 123 Å². The van der Waals surface area contributed by atoms with Crippen molar-refractivity contribution in [3.8, 4) is 0 Å². The van der Waals surface area contributed by atoms with Crippen molar-refractivity contribution in [2.75, 3.05) is 30.8 Å². The van der Waals surface area contributed by atoms with Gasteiger partial charge in [0.25, 0.3) is 5.91 Å². The predicted octanol–water partition coefficient (Wildman–Crippen LogP) is 2.34. The maximum absolute atomic E-state index is 12.4. The van der Waals surface area contributed by atoms with Crippen LogP contribution in [0.3, 0.4) is 0 Å². The highest BCUT2D eigenvalue weighted by atomic mass is 32.1. The zero-order chi connectivity index (χ0) is 14.1. The number of anilines is 2. The van der Waals surface area contributed by atoms with E-state index in [-0.39, 0.29) is 5.91 Å². The summed E-state index contributed by atoms with van der Waals surface area (Å²) in [6.07, 6.45) is 7.19. The number of hydrogen-bond donors (Lipinski definition) is 1. The van der Waals surface area contributed by atoms with Crippen LogP contribution in [0.4, 0.5) is 10.9 Å². The van der Waals surface area contributed by atoms with Crippen molar-refractivity contribution < 1.29 is 4.79 Å². The molecule has 0 atom stereocenters. The van der Waals surface area contributed by atoms with Crippen molar-refractivity contribution >= 4 is 28.2 Å². The first kappa shape index (κ1) is 13.7. The molecule has 6 heteroatoms. The zero-order valence-corrected chi connectivity index (χ0v) is 12.8. The number of thiazole rings is 1. The number of nitrogen functional groups attached to an aromatic ring is 1. The number of hydrogen-bond acceptors (Lipinski definition) is 5. The predicted molar refractivity (Wildman–Crippen MR) is 82.3 cm³/mol. The molecule has 0 radical (unpaired) electrons. The Morgan fingerprint density at radius 3 is 2.55 bits per heavy atom. The fourth-order valence-corrected chi connectivity index (χ4v) is 3.68. The SMILES string of the molecule is CN(C(=O)c1sc(N2CCCCCC2)nc1N)C1CC1. The molecule has 2 N–H and O–H groups in total. The van der Waals surface area contributed by atoms with Gasteiger partial charge in [0, 0.05) is 26.2 Å². The van der Waals surface area contributed by atoms with Gasteiger partial charge in [-0.3, -0.25) is 4.79 Å². The summed E-state index contributed by atoms with van der Waals surface area (Å²) >= 11 is 1.46. The fourth-order valence-electron chi connectivity index (χ4n) is 2.66. The maximum atomic E-state index is 12.4. The van der Waals surface area contributed by atoms with E-state index in [1.165, 1.54) is 37.0 Å². The molecule has 20 heavy (non-hydrogen) atoms. The highest BCUT2D eigenvalue weighted by Gasteiger charge is 2.32. The van der Waals surface area contributed by atoms with Crippen LogP contribution in [0.25, 0.3) is 0 Å². The Kier molecular flexibility index (Phi) is 3.83. The Balaban J connectivity index is 1.77. The number of aromatic nitrogens is 1. The van der Waals surface area contributed by atoms with Crippen LogP contribution in [0, 0.1) is 0 Å². The van der Waals surface area contributed by atoms with Crippen molar-refractivity contribution in [1.82, 2.24) is 9.88 Å². The molecule has 1 aromatic rings. The molecule has 0 bridgehead atoms. The van der Waals surface area contributed by atoms with E-state index in [1.54, 1.807) is 0 Å². The van der Waals surface area contributed by atoms with Gasteiger partial charge in [0.2, 0.25) is 0 Å². The molecule has 0 spiro atoms. The van der Waals surface area contributed by atoms with Crippen molar-refractivity contribution in [3.05, 3.63) is 4.88 Å². The van der Waals surface area contributed by atoms with Crippen molar-refractivity contribution in [3.63, 3.8) is 0 Å². The minimum Gasteiger partial charge on any atom is -0.382 e. The van der Waals surface area contributed by atoms with Gasteiger partial charge in [0.15, 0.2) is 5.13 Å². The van der Waals surface area contributed by atoms with Crippen molar-refractivity contribution in [2.45, 2.75) is 44.6 Å². The lowest BCUT2D eigenvalue weighted by Gasteiger charge is -2.18. The van der Waals surface area contributed by atoms with Gasteiger partial charge in [-0.2, -0.15) is 0 Å². The number of carbonyl (C=O) groups is 1. The molecule has 1 aliphatic carbocycles. The van der Waals surface area contributed by atoms with Gasteiger partial charge >= 0.3 is 0 Å². The smallest absolute Gasteiger partial charge is 0.267 e. The average Bonchev–Trinajstić information content (AvgIpc) is 3.24. The minimum atomic E-state index is 0.0311. The molecule has 2 aliphatic rings. The zero-order valence-electron chi connectivity index (χ0n) is 12.0. The molecule has 2 fully saturated rings. The topological polar surface area (TPSA) is 62.5 Å². The summed E-state index contributed by atoms with van der Waals surface area (Å²) in [4.78, 5) is 21.5. The van der Waals surface area contributed by atoms with E-state index in [1.807, 2.05) is 11.9 Å². The Bertz CT molecular complexity index is 489.